The highest BCUT2D eigenvalue weighted by Crippen LogP contribution is 2.28. The molecule has 0 saturated carbocycles. The van der Waals surface area contributed by atoms with Crippen LogP contribution in [0.2, 0.25) is 0 Å². The van der Waals surface area contributed by atoms with Crippen LogP contribution >= 0.6 is 11.8 Å². The minimum atomic E-state index is 0.537. The molecular formula is C20H24N2S. The Morgan fingerprint density at radius 2 is 1.87 bits per heavy atom. The molecule has 1 unspecified atom stereocenters. The predicted octanol–water partition coefficient (Wildman–Crippen LogP) is 4.95. The lowest BCUT2D eigenvalue weighted by Gasteiger charge is -2.19. The van der Waals surface area contributed by atoms with Crippen LogP contribution in [0.25, 0.3) is 10.9 Å². The molecule has 1 heterocycles. The molecule has 3 rings (SSSR count). The maximum Gasteiger partial charge on any atom is 0.0457 e. The number of aromatic nitrogens is 1. The minimum absolute atomic E-state index is 0.537. The summed E-state index contributed by atoms with van der Waals surface area (Å²) in [5.74, 6) is 1.01. The molecule has 0 aliphatic heterocycles. The van der Waals surface area contributed by atoms with Crippen molar-refractivity contribution in [2.45, 2.75) is 30.0 Å². The maximum absolute atomic E-state index is 3.41. The van der Waals surface area contributed by atoms with E-state index in [1.165, 1.54) is 26.9 Å². The Morgan fingerprint density at radius 1 is 1.09 bits per heavy atom. The highest BCUT2D eigenvalue weighted by molar-refractivity contribution is 7.98. The summed E-state index contributed by atoms with van der Waals surface area (Å²) in [5.41, 5.74) is 4.01. The Kier molecular flexibility index (Phi) is 5.09. The summed E-state index contributed by atoms with van der Waals surface area (Å²) in [6.45, 7) is 2.27. The highest BCUT2D eigenvalue weighted by atomic mass is 32.2. The van der Waals surface area contributed by atoms with Crippen molar-refractivity contribution in [1.29, 1.82) is 0 Å². The minimum Gasteiger partial charge on any atom is -0.361 e. The molecule has 0 radical (unpaired) electrons. The van der Waals surface area contributed by atoms with Crippen LogP contribution in [-0.4, -0.2) is 30.0 Å². The number of H-pyrrole nitrogens is 1. The molecular weight excluding hydrogens is 300 g/mol. The van der Waals surface area contributed by atoms with Crippen molar-refractivity contribution < 1.29 is 0 Å². The second-order valence-electron chi connectivity index (χ2n) is 6.31. The largest absolute Gasteiger partial charge is 0.361 e. The third kappa shape index (κ3) is 3.98. The number of nitrogens with one attached hydrogen (secondary N) is 1. The van der Waals surface area contributed by atoms with Crippen LogP contribution in [0.1, 0.15) is 18.1 Å². The predicted molar refractivity (Wildman–Crippen MR) is 101 cm³/mol. The summed E-state index contributed by atoms with van der Waals surface area (Å²) in [6, 6.07) is 17.9. The van der Waals surface area contributed by atoms with Gasteiger partial charge in [-0.3, -0.25) is 0 Å². The third-order valence-electron chi connectivity index (χ3n) is 4.38. The van der Waals surface area contributed by atoms with E-state index in [1.807, 2.05) is 11.8 Å². The fraction of sp³-hybridized carbons (Fsp3) is 0.300. The first-order valence-corrected chi connectivity index (χ1v) is 9.05. The van der Waals surface area contributed by atoms with Crippen molar-refractivity contribution in [3.63, 3.8) is 0 Å². The monoisotopic (exact) mass is 324 g/mol. The summed E-state index contributed by atoms with van der Waals surface area (Å²) < 4.78 is 0. The van der Waals surface area contributed by atoms with Gasteiger partial charge in [-0.05, 0) is 56.8 Å². The first-order chi connectivity index (χ1) is 11.1. The summed E-state index contributed by atoms with van der Waals surface area (Å²) in [5, 5.41) is 1.36. The van der Waals surface area contributed by atoms with Gasteiger partial charge in [0.1, 0.15) is 0 Å². The number of hydrogen-bond acceptors (Lipinski definition) is 2. The molecule has 0 spiro atoms. The van der Waals surface area contributed by atoms with Gasteiger partial charge in [0.25, 0.3) is 0 Å². The summed E-state index contributed by atoms with van der Waals surface area (Å²) in [6.07, 6.45) is 3.23. The lowest BCUT2D eigenvalue weighted by Crippen LogP contribution is -2.26. The van der Waals surface area contributed by atoms with E-state index in [0.29, 0.717) is 6.04 Å². The van der Waals surface area contributed by atoms with Crippen molar-refractivity contribution >= 4 is 22.7 Å². The molecule has 1 atom stereocenters. The smallest absolute Gasteiger partial charge is 0.0457 e. The highest BCUT2D eigenvalue weighted by Gasteiger charge is 2.10. The number of rotatable bonds is 6. The van der Waals surface area contributed by atoms with Gasteiger partial charge in [0.15, 0.2) is 0 Å². The normalized spacial score (nSPS) is 12.9. The van der Waals surface area contributed by atoms with Gasteiger partial charge in [-0.1, -0.05) is 30.3 Å². The lowest BCUT2D eigenvalue weighted by atomic mass is 10.1. The van der Waals surface area contributed by atoms with Crippen molar-refractivity contribution in [2.75, 3.05) is 14.1 Å². The van der Waals surface area contributed by atoms with Gasteiger partial charge in [0.05, 0.1) is 0 Å². The van der Waals surface area contributed by atoms with Crippen molar-refractivity contribution in [3.05, 3.63) is 65.9 Å². The van der Waals surface area contributed by atoms with Gasteiger partial charge in [0.2, 0.25) is 0 Å². The molecule has 2 aromatic carbocycles. The number of thioether (sulfide) groups is 1. The van der Waals surface area contributed by atoms with Gasteiger partial charge in [-0.25, -0.2) is 0 Å². The van der Waals surface area contributed by atoms with E-state index in [9.17, 15) is 0 Å². The van der Waals surface area contributed by atoms with E-state index in [2.05, 4.69) is 85.6 Å². The van der Waals surface area contributed by atoms with Crippen molar-refractivity contribution in [1.82, 2.24) is 9.88 Å². The number of aromatic amines is 1. The lowest BCUT2D eigenvalue weighted by molar-refractivity contribution is 0.313. The summed E-state index contributed by atoms with van der Waals surface area (Å²) >= 11 is 1.90. The zero-order chi connectivity index (χ0) is 16.2. The van der Waals surface area contributed by atoms with E-state index in [1.54, 1.807) is 0 Å². The van der Waals surface area contributed by atoms with Crippen LogP contribution in [-0.2, 0) is 12.2 Å². The van der Waals surface area contributed by atoms with Gasteiger partial charge < -0.3 is 9.88 Å². The molecule has 2 nitrogen and oxygen atoms in total. The average molecular weight is 324 g/mol. The van der Waals surface area contributed by atoms with Gasteiger partial charge in [0, 0.05) is 33.8 Å². The first kappa shape index (κ1) is 16.2. The second-order valence-corrected chi connectivity index (χ2v) is 7.36. The van der Waals surface area contributed by atoms with Crippen LogP contribution in [0, 0.1) is 0 Å². The molecule has 120 valence electrons. The Labute approximate surface area is 142 Å². The van der Waals surface area contributed by atoms with E-state index < -0.39 is 0 Å². The second kappa shape index (κ2) is 7.24. The quantitative estimate of drug-likeness (QED) is 0.647. The molecule has 0 fully saturated rings. The van der Waals surface area contributed by atoms with Crippen LogP contribution in [0.3, 0.4) is 0 Å². The number of likely N-dealkylation sites (N-methyl/N-ethyl adjacent to an activating group) is 1. The summed E-state index contributed by atoms with van der Waals surface area (Å²) in [4.78, 5) is 7.01. The molecule has 0 amide bonds. The Morgan fingerprint density at radius 3 is 2.61 bits per heavy atom. The van der Waals surface area contributed by atoms with Gasteiger partial charge >= 0.3 is 0 Å². The molecule has 3 heteroatoms. The number of benzene rings is 2. The van der Waals surface area contributed by atoms with Crippen LogP contribution in [0.5, 0.6) is 0 Å². The van der Waals surface area contributed by atoms with E-state index in [4.69, 9.17) is 0 Å². The van der Waals surface area contributed by atoms with E-state index in [-0.39, 0.29) is 0 Å². The Hall–Kier alpha value is -1.71. The topological polar surface area (TPSA) is 19.0 Å². The van der Waals surface area contributed by atoms with Crippen molar-refractivity contribution in [3.8, 4) is 0 Å². The average Bonchev–Trinajstić information content (AvgIpc) is 2.96. The van der Waals surface area contributed by atoms with E-state index in [0.717, 1.165) is 12.2 Å². The zero-order valence-corrected chi connectivity index (χ0v) is 14.9. The molecule has 1 N–H and O–H groups in total. The molecule has 1 aromatic heterocycles. The molecule has 0 saturated heterocycles. The fourth-order valence-corrected chi connectivity index (χ4v) is 3.55. The SMILES string of the molecule is CC(Cc1c[nH]c2ccc(SCc3ccccc3)cc12)N(C)C. The molecule has 0 bridgehead atoms. The molecule has 0 aliphatic rings. The summed E-state index contributed by atoms with van der Waals surface area (Å²) in [7, 11) is 4.28. The fourth-order valence-electron chi connectivity index (χ4n) is 2.66. The van der Waals surface area contributed by atoms with Crippen LogP contribution < -0.4 is 0 Å². The Bertz CT molecular complexity index is 762. The van der Waals surface area contributed by atoms with E-state index >= 15 is 0 Å². The first-order valence-electron chi connectivity index (χ1n) is 8.06. The van der Waals surface area contributed by atoms with Gasteiger partial charge in [-0.2, -0.15) is 0 Å². The number of hydrogen-bond donors (Lipinski definition) is 1. The van der Waals surface area contributed by atoms with Crippen LogP contribution in [0.4, 0.5) is 0 Å². The standard InChI is InChI=1S/C20H24N2S/c1-15(22(2)3)11-17-13-21-20-10-9-18(12-19(17)20)23-14-16-7-5-4-6-8-16/h4-10,12-13,15,21H,11,14H2,1-3H3. The van der Waals surface area contributed by atoms with Crippen molar-refractivity contribution in [2.24, 2.45) is 0 Å². The zero-order valence-electron chi connectivity index (χ0n) is 14.0. The Balaban J connectivity index is 1.77. The van der Waals surface area contributed by atoms with Crippen LogP contribution in [0.15, 0.2) is 59.6 Å². The van der Waals surface area contributed by atoms with Gasteiger partial charge in [-0.15, -0.1) is 11.8 Å². The molecule has 3 aromatic rings. The molecule has 23 heavy (non-hydrogen) atoms. The third-order valence-corrected chi connectivity index (χ3v) is 5.45. The maximum atomic E-state index is 3.41. The number of nitrogens with zero attached hydrogens (tertiary/aromatic N) is 1. The number of fused-ring (bicyclic) bond motifs is 1. The molecule has 0 aliphatic carbocycles.